The van der Waals surface area contributed by atoms with E-state index in [0.29, 0.717) is 16.4 Å². The first-order chi connectivity index (χ1) is 8.56. The van der Waals surface area contributed by atoms with Gasteiger partial charge in [-0.3, -0.25) is 9.48 Å². The van der Waals surface area contributed by atoms with Crippen LogP contribution in [-0.2, 0) is 18.4 Å². The van der Waals surface area contributed by atoms with E-state index in [1.165, 1.54) is 4.68 Å². The SMILES string of the molecule is COCc1c(N)c(=O)n(-c2ccc(Cl)cc2)n1C. The number of nitrogens with zero attached hydrogens (tertiary/aromatic N) is 2. The summed E-state index contributed by atoms with van der Waals surface area (Å²) < 4.78 is 8.21. The van der Waals surface area contributed by atoms with Crippen molar-refractivity contribution in [2.24, 2.45) is 7.05 Å². The first-order valence-corrected chi connectivity index (χ1v) is 5.75. The third-order valence-electron chi connectivity index (χ3n) is 2.78. The van der Waals surface area contributed by atoms with Gasteiger partial charge >= 0.3 is 0 Å². The molecule has 0 amide bonds. The fourth-order valence-electron chi connectivity index (χ4n) is 1.85. The number of ether oxygens (including phenoxy) is 1. The summed E-state index contributed by atoms with van der Waals surface area (Å²) >= 11 is 5.83. The van der Waals surface area contributed by atoms with Crippen LogP contribution in [0.1, 0.15) is 5.69 Å². The van der Waals surface area contributed by atoms with Crippen molar-refractivity contribution in [3.8, 4) is 5.69 Å². The molecule has 0 fully saturated rings. The van der Waals surface area contributed by atoms with Gasteiger partial charge in [0, 0.05) is 19.2 Å². The maximum Gasteiger partial charge on any atom is 0.294 e. The van der Waals surface area contributed by atoms with Crippen LogP contribution < -0.4 is 11.3 Å². The number of anilines is 1. The van der Waals surface area contributed by atoms with Crippen molar-refractivity contribution in [2.45, 2.75) is 6.61 Å². The predicted octanol–water partition coefficient (Wildman–Crippen LogP) is 1.56. The summed E-state index contributed by atoms with van der Waals surface area (Å²) in [7, 11) is 3.32. The molecule has 0 atom stereocenters. The molecule has 2 rings (SSSR count). The van der Waals surface area contributed by atoms with Crippen molar-refractivity contribution in [1.29, 1.82) is 0 Å². The Morgan fingerprint density at radius 3 is 2.50 bits per heavy atom. The fraction of sp³-hybridized carbons (Fsp3) is 0.250. The van der Waals surface area contributed by atoms with Crippen molar-refractivity contribution >= 4 is 17.3 Å². The van der Waals surface area contributed by atoms with Crippen molar-refractivity contribution < 1.29 is 4.74 Å². The van der Waals surface area contributed by atoms with Crippen LogP contribution in [0.15, 0.2) is 29.1 Å². The van der Waals surface area contributed by atoms with E-state index in [1.807, 2.05) is 0 Å². The van der Waals surface area contributed by atoms with Gasteiger partial charge in [0.15, 0.2) is 0 Å². The number of hydrogen-bond acceptors (Lipinski definition) is 3. The van der Waals surface area contributed by atoms with E-state index in [4.69, 9.17) is 22.1 Å². The van der Waals surface area contributed by atoms with Gasteiger partial charge in [-0.25, -0.2) is 4.68 Å². The average Bonchev–Trinajstić information content (AvgIpc) is 2.56. The minimum Gasteiger partial charge on any atom is -0.393 e. The molecular formula is C12H14ClN3O2. The first-order valence-electron chi connectivity index (χ1n) is 5.37. The summed E-state index contributed by atoms with van der Waals surface area (Å²) in [5.74, 6) is 0. The standard InChI is InChI=1S/C12H14ClN3O2/c1-15-10(7-18-2)11(14)12(17)16(15)9-5-3-8(13)4-6-9/h3-6H,7,14H2,1-2H3. The summed E-state index contributed by atoms with van der Waals surface area (Å²) in [4.78, 5) is 12.1. The highest BCUT2D eigenvalue weighted by atomic mass is 35.5. The van der Waals surface area contributed by atoms with Crippen LogP contribution >= 0.6 is 11.6 Å². The van der Waals surface area contributed by atoms with Crippen molar-refractivity contribution in [3.63, 3.8) is 0 Å². The monoisotopic (exact) mass is 267 g/mol. The van der Waals surface area contributed by atoms with Gasteiger partial charge in [0.1, 0.15) is 5.69 Å². The molecule has 1 aromatic carbocycles. The summed E-state index contributed by atoms with van der Waals surface area (Å²) in [5, 5.41) is 0.617. The molecule has 96 valence electrons. The average molecular weight is 268 g/mol. The van der Waals surface area contributed by atoms with Gasteiger partial charge in [-0.05, 0) is 24.3 Å². The molecule has 0 saturated heterocycles. The summed E-state index contributed by atoms with van der Waals surface area (Å²) in [6.07, 6.45) is 0. The highest BCUT2D eigenvalue weighted by molar-refractivity contribution is 6.30. The zero-order chi connectivity index (χ0) is 13.3. The number of hydrogen-bond donors (Lipinski definition) is 1. The van der Waals surface area contributed by atoms with Gasteiger partial charge in [0.2, 0.25) is 0 Å². The molecule has 0 saturated carbocycles. The molecule has 6 heteroatoms. The molecular weight excluding hydrogens is 254 g/mol. The predicted molar refractivity (Wildman–Crippen MR) is 71.1 cm³/mol. The van der Waals surface area contributed by atoms with Crippen LogP contribution in [-0.4, -0.2) is 16.5 Å². The molecule has 0 unspecified atom stereocenters. The molecule has 0 aliphatic rings. The Balaban J connectivity index is 2.61. The lowest BCUT2D eigenvalue weighted by Gasteiger charge is -2.09. The van der Waals surface area contributed by atoms with Crippen LogP contribution in [0.5, 0.6) is 0 Å². The number of benzene rings is 1. The Morgan fingerprint density at radius 2 is 1.94 bits per heavy atom. The normalized spacial score (nSPS) is 10.8. The van der Waals surface area contributed by atoms with Gasteiger partial charge in [-0.2, -0.15) is 0 Å². The number of aromatic nitrogens is 2. The first kappa shape index (κ1) is 12.7. The van der Waals surface area contributed by atoms with E-state index in [0.717, 1.165) is 0 Å². The van der Waals surface area contributed by atoms with Crippen molar-refractivity contribution in [3.05, 3.63) is 45.3 Å². The van der Waals surface area contributed by atoms with Crippen LogP contribution in [0.4, 0.5) is 5.69 Å². The Kier molecular flexibility index (Phi) is 3.45. The molecule has 0 radical (unpaired) electrons. The van der Waals surface area contributed by atoms with Crippen molar-refractivity contribution in [2.75, 3.05) is 12.8 Å². The largest absolute Gasteiger partial charge is 0.393 e. The molecule has 0 bridgehead atoms. The lowest BCUT2D eigenvalue weighted by Crippen LogP contribution is -2.20. The Bertz CT molecular complexity index is 613. The van der Waals surface area contributed by atoms with Gasteiger partial charge < -0.3 is 10.5 Å². The number of methoxy groups -OCH3 is 1. The smallest absolute Gasteiger partial charge is 0.294 e. The minimum atomic E-state index is -0.258. The second-order valence-electron chi connectivity index (χ2n) is 3.91. The Labute approximate surface area is 109 Å². The number of nitrogen functional groups attached to an aromatic ring is 1. The van der Waals surface area contributed by atoms with Gasteiger partial charge in [0.05, 0.1) is 18.0 Å². The van der Waals surface area contributed by atoms with E-state index in [2.05, 4.69) is 0 Å². The molecule has 5 nitrogen and oxygen atoms in total. The second-order valence-corrected chi connectivity index (χ2v) is 4.35. The van der Waals surface area contributed by atoms with Gasteiger partial charge in [-0.1, -0.05) is 11.6 Å². The van der Waals surface area contributed by atoms with Crippen LogP contribution in [0.3, 0.4) is 0 Å². The van der Waals surface area contributed by atoms with E-state index < -0.39 is 0 Å². The zero-order valence-corrected chi connectivity index (χ0v) is 10.9. The third kappa shape index (κ3) is 2.02. The van der Waals surface area contributed by atoms with E-state index in [-0.39, 0.29) is 17.9 Å². The van der Waals surface area contributed by atoms with Gasteiger partial charge in [0.25, 0.3) is 5.56 Å². The molecule has 0 spiro atoms. The van der Waals surface area contributed by atoms with Crippen LogP contribution in [0.2, 0.25) is 5.02 Å². The molecule has 1 heterocycles. The number of nitrogens with two attached hydrogens (primary N) is 1. The van der Waals surface area contributed by atoms with Crippen LogP contribution in [0, 0.1) is 0 Å². The summed E-state index contributed by atoms with van der Waals surface area (Å²) in [6.45, 7) is 0.290. The van der Waals surface area contributed by atoms with Gasteiger partial charge in [-0.15, -0.1) is 0 Å². The number of halogens is 1. The Morgan fingerprint density at radius 1 is 1.33 bits per heavy atom. The van der Waals surface area contributed by atoms with Crippen molar-refractivity contribution in [1.82, 2.24) is 9.36 Å². The number of rotatable bonds is 3. The lowest BCUT2D eigenvalue weighted by molar-refractivity contribution is 0.177. The highest BCUT2D eigenvalue weighted by Gasteiger charge is 2.15. The molecule has 2 N–H and O–H groups in total. The molecule has 18 heavy (non-hydrogen) atoms. The quantitative estimate of drug-likeness (QED) is 0.918. The molecule has 1 aromatic heterocycles. The maximum absolute atomic E-state index is 12.1. The maximum atomic E-state index is 12.1. The zero-order valence-electron chi connectivity index (χ0n) is 10.2. The second kappa shape index (κ2) is 4.88. The highest BCUT2D eigenvalue weighted by Crippen LogP contribution is 2.15. The molecule has 2 aromatic rings. The Hall–Kier alpha value is -1.72. The molecule has 0 aliphatic heterocycles. The van der Waals surface area contributed by atoms with E-state index in [1.54, 1.807) is 43.1 Å². The van der Waals surface area contributed by atoms with E-state index in [9.17, 15) is 4.79 Å². The topological polar surface area (TPSA) is 62.2 Å². The third-order valence-corrected chi connectivity index (χ3v) is 3.03. The summed E-state index contributed by atoms with van der Waals surface area (Å²) in [5.41, 5.74) is 7.10. The summed E-state index contributed by atoms with van der Waals surface area (Å²) in [6, 6.07) is 6.98. The fourth-order valence-corrected chi connectivity index (χ4v) is 1.98. The lowest BCUT2D eigenvalue weighted by atomic mass is 10.3. The molecule has 0 aliphatic carbocycles. The minimum absolute atomic E-state index is 0.203. The van der Waals surface area contributed by atoms with Crippen LogP contribution in [0.25, 0.3) is 5.69 Å². The van der Waals surface area contributed by atoms with E-state index >= 15 is 0 Å².